The molecule has 2 unspecified atom stereocenters. The van der Waals surface area contributed by atoms with E-state index in [0.717, 1.165) is 11.2 Å². The minimum absolute atomic E-state index is 0.785. The number of rotatable bonds is 7. The predicted molar refractivity (Wildman–Crippen MR) is 70.7 cm³/mol. The third-order valence-corrected chi connectivity index (χ3v) is 4.10. The molecule has 1 aliphatic heterocycles. The second kappa shape index (κ2) is 7.53. The van der Waals surface area contributed by atoms with Crippen molar-refractivity contribution in [1.29, 1.82) is 0 Å². The van der Waals surface area contributed by atoms with Gasteiger partial charge >= 0.3 is 0 Å². The van der Waals surface area contributed by atoms with E-state index in [1.54, 1.807) is 0 Å². The zero-order chi connectivity index (χ0) is 11.1. The van der Waals surface area contributed by atoms with Crippen LogP contribution in [0.4, 0.5) is 0 Å². The maximum atomic E-state index is 3.53. The molecule has 0 saturated carbocycles. The third kappa shape index (κ3) is 5.23. The topological polar surface area (TPSA) is 15.3 Å². The average Bonchev–Trinajstić information content (AvgIpc) is 2.66. The third-order valence-electron chi connectivity index (χ3n) is 3.15. The lowest BCUT2D eigenvalue weighted by Crippen LogP contribution is -2.30. The predicted octanol–water partition coefficient (Wildman–Crippen LogP) is 2.06. The first-order chi connectivity index (χ1) is 7.26. The van der Waals surface area contributed by atoms with Crippen molar-refractivity contribution in [2.45, 2.75) is 31.9 Å². The lowest BCUT2D eigenvalue weighted by molar-refractivity contribution is 0.326. The summed E-state index contributed by atoms with van der Waals surface area (Å²) in [7, 11) is 0. The zero-order valence-electron chi connectivity index (χ0n) is 10.5. The SMILES string of the molecule is CCCNCC1CCN(CC(C)SC)C1. The fourth-order valence-corrected chi connectivity index (χ4v) is 2.53. The van der Waals surface area contributed by atoms with Crippen LogP contribution in [-0.2, 0) is 0 Å². The Labute approximate surface area is 99.2 Å². The van der Waals surface area contributed by atoms with Crippen molar-refractivity contribution in [2.75, 3.05) is 39.0 Å². The molecule has 0 aromatic carbocycles. The molecule has 3 heteroatoms. The van der Waals surface area contributed by atoms with E-state index in [1.165, 1.54) is 45.6 Å². The zero-order valence-corrected chi connectivity index (χ0v) is 11.3. The molecule has 0 aromatic rings. The molecule has 15 heavy (non-hydrogen) atoms. The summed E-state index contributed by atoms with van der Waals surface area (Å²) >= 11 is 1.98. The number of thioether (sulfide) groups is 1. The van der Waals surface area contributed by atoms with Gasteiger partial charge in [-0.2, -0.15) is 11.8 Å². The molecule has 1 saturated heterocycles. The molecular formula is C12H26N2S. The molecule has 90 valence electrons. The van der Waals surface area contributed by atoms with Crippen LogP contribution in [-0.4, -0.2) is 49.1 Å². The maximum absolute atomic E-state index is 3.53. The van der Waals surface area contributed by atoms with E-state index in [0.29, 0.717) is 0 Å². The first kappa shape index (κ1) is 13.3. The van der Waals surface area contributed by atoms with Crippen LogP contribution in [0.15, 0.2) is 0 Å². The van der Waals surface area contributed by atoms with Crippen molar-refractivity contribution >= 4 is 11.8 Å². The summed E-state index contributed by atoms with van der Waals surface area (Å²) in [5, 5.41) is 4.32. The number of likely N-dealkylation sites (tertiary alicyclic amines) is 1. The van der Waals surface area contributed by atoms with Crippen molar-refractivity contribution in [2.24, 2.45) is 5.92 Å². The number of hydrogen-bond donors (Lipinski definition) is 1. The highest BCUT2D eigenvalue weighted by atomic mass is 32.2. The maximum Gasteiger partial charge on any atom is 0.0143 e. The van der Waals surface area contributed by atoms with Crippen molar-refractivity contribution < 1.29 is 0 Å². The fourth-order valence-electron chi connectivity index (χ4n) is 2.17. The van der Waals surface area contributed by atoms with E-state index in [1.807, 2.05) is 11.8 Å². The van der Waals surface area contributed by atoms with E-state index < -0.39 is 0 Å². The Bertz CT molecular complexity index is 164. The van der Waals surface area contributed by atoms with Crippen LogP contribution in [0.2, 0.25) is 0 Å². The van der Waals surface area contributed by atoms with Crippen molar-refractivity contribution in [3.8, 4) is 0 Å². The molecule has 0 radical (unpaired) electrons. The Hall–Kier alpha value is 0.270. The second-order valence-corrected chi connectivity index (χ2v) is 5.94. The highest BCUT2D eigenvalue weighted by molar-refractivity contribution is 7.99. The van der Waals surface area contributed by atoms with E-state index in [-0.39, 0.29) is 0 Å². The summed E-state index contributed by atoms with van der Waals surface area (Å²) in [4.78, 5) is 2.62. The van der Waals surface area contributed by atoms with E-state index in [2.05, 4.69) is 30.3 Å². The van der Waals surface area contributed by atoms with Gasteiger partial charge in [0.1, 0.15) is 0 Å². The Morgan fingerprint density at radius 1 is 1.53 bits per heavy atom. The van der Waals surface area contributed by atoms with Gasteiger partial charge in [-0.1, -0.05) is 13.8 Å². The molecule has 2 nitrogen and oxygen atoms in total. The molecule has 0 aromatic heterocycles. The Morgan fingerprint density at radius 2 is 2.33 bits per heavy atom. The van der Waals surface area contributed by atoms with Gasteiger partial charge in [-0.3, -0.25) is 0 Å². The van der Waals surface area contributed by atoms with E-state index in [4.69, 9.17) is 0 Å². The standard InChI is InChI=1S/C12H26N2S/c1-4-6-13-8-12-5-7-14(10-12)9-11(2)15-3/h11-13H,4-10H2,1-3H3. The molecular weight excluding hydrogens is 204 g/mol. The summed E-state index contributed by atoms with van der Waals surface area (Å²) < 4.78 is 0. The summed E-state index contributed by atoms with van der Waals surface area (Å²) in [6.07, 6.45) is 4.85. The lowest BCUT2D eigenvalue weighted by Gasteiger charge is -2.19. The van der Waals surface area contributed by atoms with Gasteiger partial charge in [-0.15, -0.1) is 0 Å². The van der Waals surface area contributed by atoms with Gasteiger partial charge in [0.25, 0.3) is 0 Å². The summed E-state index contributed by atoms with van der Waals surface area (Å²) in [6, 6.07) is 0. The lowest BCUT2D eigenvalue weighted by atomic mass is 10.1. The van der Waals surface area contributed by atoms with E-state index in [9.17, 15) is 0 Å². The summed E-state index contributed by atoms with van der Waals surface area (Å²) in [6.45, 7) is 10.8. The van der Waals surface area contributed by atoms with Crippen molar-refractivity contribution in [3.63, 3.8) is 0 Å². The first-order valence-electron chi connectivity index (χ1n) is 6.22. The number of nitrogens with one attached hydrogen (secondary N) is 1. The highest BCUT2D eigenvalue weighted by Gasteiger charge is 2.22. The second-order valence-electron chi connectivity index (χ2n) is 4.66. The average molecular weight is 230 g/mol. The van der Waals surface area contributed by atoms with E-state index >= 15 is 0 Å². The normalized spacial score (nSPS) is 24.6. The summed E-state index contributed by atoms with van der Waals surface area (Å²) in [5.41, 5.74) is 0. The van der Waals surface area contributed by atoms with Crippen LogP contribution in [0.25, 0.3) is 0 Å². The molecule has 1 rings (SSSR count). The van der Waals surface area contributed by atoms with Gasteiger partial charge in [0.15, 0.2) is 0 Å². The van der Waals surface area contributed by atoms with Crippen LogP contribution >= 0.6 is 11.8 Å². The fraction of sp³-hybridized carbons (Fsp3) is 1.00. The molecule has 1 heterocycles. The van der Waals surface area contributed by atoms with Gasteiger partial charge in [-0.25, -0.2) is 0 Å². The minimum atomic E-state index is 0.785. The van der Waals surface area contributed by atoms with Crippen LogP contribution in [0, 0.1) is 5.92 Å². The van der Waals surface area contributed by atoms with Crippen molar-refractivity contribution in [3.05, 3.63) is 0 Å². The van der Waals surface area contributed by atoms with Crippen LogP contribution in [0.3, 0.4) is 0 Å². The molecule has 2 atom stereocenters. The smallest absolute Gasteiger partial charge is 0.0143 e. The van der Waals surface area contributed by atoms with Gasteiger partial charge in [-0.05, 0) is 44.6 Å². The molecule has 0 aliphatic carbocycles. The Morgan fingerprint density at radius 3 is 3.00 bits per heavy atom. The molecule has 0 amide bonds. The minimum Gasteiger partial charge on any atom is -0.316 e. The molecule has 1 fully saturated rings. The van der Waals surface area contributed by atoms with Gasteiger partial charge in [0.2, 0.25) is 0 Å². The highest BCUT2D eigenvalue weighted by Crippen LogP contribution is 2.17. The first-order valence-corrected chi connectivity index (χ1v) is 7.51. The Kier molecular flexibility index (Phi) is 6.69. The molecule has 0 spiro atoms. The molecule has 1 aliphatic rings. The Balaban J connectivity index is 2.09. The number of hydrogen-bond acceptors (Lipinski definition) is 3. The summed E-state index contributed by atoms with van der Waals surface area (Å²) in [5.74, 6) is 0.894. The molecule has 0 bridgehead atoms. The van der Waals surface area contributed by atoms with Gasteiger partial charge in [0.05, 0.1) is 0 Å². The number of nitrogens with zero attached hydrogens (tertiary/aromatic N) is 1. The van der Waals surface area contributed by atoms with Crippen LogP contribution in [0.5, 0.6) is 0 Å². The largest absolute Gasteiger partial charge is 0.316 e. The van der Waals surface area contributed by atoms with Crippen LogP contribution in [0.1, 0.15) is 26.7 Å². The van der Waals surface area contributed by atoms with Crippen LogP contribution < -0.4 is 5.32 Å². The quantitative estimate of drug-likeness (QED) is 0.674. The van der Waals surface area contributed by atoms with Gasteiger partial charge < -0.3 is 10.2 Å². The van der Waals surface area contributed by atoms with Crippen molar-refractivity contribution in [1.82, 2.24) is 10.2 Å². The molecule has 1 N–H and O–H groups in total. The monoisotopic (exact) mass is 230 g/mol. The van der Waals surface area contributed by atoms with Gasteiger partial charge in [0, 0.05) is 18.3 Å².